The second-order valence-corrected chi connectivity index (χ2v) is 6.78. The van der Waals surface area contributed by atoms with Crippen molar-refractivity contribution in [1.82, 2.24) is 15.1 Å². The van der Waals surface area contributed by atoms with Crippen molar-refractivity contribution in [2.24, 2.45) is 5.92 Å². The monoisotopic (exact) mass is 251 g/mol. The van der Waals surface area contributed by atoms with Gasteiger partial charge >= 0.3 is 0 Å². The van der Waals surface area contributed by atoms with E-state index >= 15 is 0 Å². The van der Waals surface area contributed by atoms with E-state index in [2.05, 4.69) is 29.0 Å². The summed E-state index contributed by atoms with van der Waals surface area (Å²) < 4.78 is 0. The molecule has 0 amide bonds. The highest BCUT2D eigenvalue weighted by Gasteiger charge is 2.37. The lowest BCUT2D eigenvalue weighted by Crippen LogP contribution is -2.47. The van der Waals surface area contributed by atoms with Gasteiger partial charge in [0.2, 0.25) is 0 Å². The van der Waals surface area contributed by atoms with Gasteiger partial charge < -0.3 is 10.2 Å². The molecule has 3 heterocycles. The maximum Gasteiger partial charge on any atom is 0.0235 e. The zero-order chi connectivity index (χ0) is 12.5. The van der Waals surface area contributed by atoms with Crippen molar-refractivity contribution in [1.29, 1.82) is 0 Å². The van der Waals surface area contributed by atoms with Crippen molar-refractivity contribution in [3.8, 4) is 0 Å². The lowest BCUT2D eigenvalue weighted by molar-refractivity contribution is 0.104. The van der Waals surface area contributed by atoms with E-state index in [9.17, 15) is 0 Å². The molecular formula is C15H29N3. The number of likely N-dealkylation sites (tertiary alicyclic amines) is 2. The van der Waals surface area contributed by atoms with Crippen LogP contribution in [-0.4, -0.2) is 60.6 Å². The van der Waals surface area contributed by atoms with E-state index < -0.39 is 0 Å². The first kappa shape index (κ1) is 12.9. The van der Waals surface area contributed by atoms with Gasteiger partial charge in [-0.25, -0.2) is 0 Å². The number of hydrogen-bond donors (Lipinski definition) is 1. The smallest absolute Gasteiger partial charge is 0.0235 e. The van der Waals surface area contributed by atoms with Gasteiger partial charge in [0, 0.05) is 31.2 Å². The Morgan fingerprint density at radius 1 is 1.06 bits per heavy atom. The summed E-state index contributed by atoms with van der Waals surface area (Å²) in [6.07, 6.45) is 5.62. The minimum absolute atomic E-state index is 0.730. The van der Waals surface area contributed by atoms with Gasteiger partial charge in [-0.15, -0.1) is 0 Å². The quantitative estimate of drug-likeness (QED) is 0.803. The van der Waals surface area contributed by atoms with Crippen LogP contribution in [0.1, 0.15) is 39.5 Å². The number of hydrogen-bond acceptors (Lipinski definition) is 3. The second kappa shape index (κ2) is 5.48. The van der Waals surface area contributed by atoms with E-state index in [4.69, 9.17) is 0 Å². The summed E-state index contributed by atoms with van der Waals surface area (Å²) in [5.74, 6) is 0.946. The molecule has 0 saturated carbocycles. The van der Waals surface area contributed by atoms with Crippen LogP contribution in [0.2, 0.25) is 0 Å². The molecule has 3 heteroatoms. The molecule has 2 atom stereocenters. The minimum Gasteiger partial charge on any atom is -0.312 e. The van der Waals surface area contributed by atoms with Crippen LogP contribution in [0.3, 0.4) is 0 Å². The fourth-order valence-electron chi connectivity index (χ4n) is 4.15. The molecule has 18 heavy (non-hydrogen) atoms. The molecule has 3 rings (SSSR count). The van der Waals surface area contributed by atoms with Gasteiger partial charge in [0.25, 0.3) is 0 Å². The van der Waals surface area contributed by atoms with Crippen molar-refractivity contribution < 1.29 is 0 Å². The second-order valence-electron chi connectivity index (χ2n) is 6.78. The molecule has 3 aliphatic rings. The number of fused-ring (bicyclic) bond motifs is 1. The molecule has 104 valence electrons. The molecule has 0 aliphatic carbocycles. The van der Waals surface area contributed by atoms with Gasteiger partial charge in [-0.3, -0.25) is 4.90 Å². The van der Waals surface area contributed by atoms with Gasteiger partial charge in [-0.05, 0) is 65.1 Å². The van der Waals surface area contributed by atoms with Crippen LogP contribution in [-0.2, 0) is 0 Å². The van der Waals surface area contributed by atoms with Crippen molar-refractivity contribution in [2.45, 2.75) is 57.7 Å². The van der Waals surface area contributed by atoms with Crippen LogP contribution < -0.4 is 5.32 Å². The van der Waals surface area contributed by atoms with E-state index in [1.165, 1.54) is 58.4 Å². The molecule has 0 aromatic rings. The summed E-state index contributed by atoms with van der Waals surface area (Å²) in [6.45, 7) is 11.2. The van der Waals surface area contributed by atoms with E-state index in [0.29, 0.717) is 0 Å². The molecule has 0 aromatic carbocycles. The van der Waals surface area contributed by atoms with E-state index in [-0.39, 0.29) is 0 Å². The summed E-state index contributed by atoms with van der Waals surface area (Å²) in [6, 6.07) is 2.41. The molecule has 0 unspecified atom stereocenters. The van der Waals surface area contributed by atoms with Crippen LogP contribution in [0.5, 0.6) is 0 Å². The number of piperidine rings is 2. The molecule has 1 N–H and O–H groups in total. The van der Waals surface area contributed by atoms with Crippen LogP contribution in [0.4, 0.5) is 0 Å². The first-order valence-electron chi connectivity index (χ1n) is 7.95. The van der Waals surface area contributed by atoms with Crippen molar-refractivity contribution in [3.63, 3.8) is 0 Å². The Kier molecular flexibility index (Phi) is 3.92. The highest BCUT2D eigenvalue weighted by molar-refractivity contribution is 4.95. The van der Waals surface area contributed by atoms with Crippen LogP contribution in [0, 0.1) is 5.92 Å². The molecule has 3 nitrogen and oxygen atoms in total. The normalized spacial score (nSPS) is 36.2. The molecule has 0 aromatic heterocycles. The largest absolute Gasteiger partial charge is 0.312 e. The summed E-state index contributed by atoms with van der Waals surface area (Å²) in [5.41, 5.74) is 0. The SMILES string of the molecule is CC(C)N1CCC(N2C[C@@H]3CCCN[C@@H]3C2)CC1. The molecule has 0 radical (unpaired) electrons. The van der Waals surface area contributed by atoms with Crippen molar-refractivity contribution in [2.75, 3.05) is 32.7 Å². The standard InChI is InChI=1S/C15H29N3/c1-12(2)17-8-5-14(6-9-17)18-10-13-4-3-7-16-15(13)11-18/h12-16H,3-11H2,1-2H3/t13-,15+/m0/s1. The summed E-state index contributed by atoms with van der Waals surface area (Å²) >= 11 is 0. The average Bonchev–Trinajstić information content (AvgIpc) is 2.82. The van der Waals surface area contributed by atoms with Crippen LogP contribution in [0.25, 0.3) is 0 Å². The predicted molar refractivity (Wildman–Crippen MR) is 75.8 cm³/mol. The third-order valence-corrected chi connectivity index (χ3v) is 5.37. The van der Waals surface area contributed by atoms with E-state index in [1.54, 1.807) is 0 Å². The Balaban J connectivity index is 1.51. The van der Waals surface area contributed by atoms with Crippen molar-refractivity contribution >= 4 is 0 Å². The van der Waals surface area contributed by atoms with Crippen molar-refractivity contribution in [3.05, 3.63) is 0 Å². The fourth-order valence-corrected chi connectivity index (χ4v) is 4.15. The number of rotatable bonds is 2. The third-order valence-electron chi connectivity index (χ3n) is 5.37. The summed E-state index contributed by atoms with van der Waals surface area (Å²) in [7, 11) is 0. The number of nitrogens with zero attached hydrogens (tertiary/aromatic N) is 2. The van der Waals surface area contributed by atoms with Gasteiger partial charge in [-0.2, -0.15) is 0 Å². The Morgan fingerprint density at radius 2 is 1.83 bits per heavy atom. The first-order valence-corrected chi connectivity index (χ1v) is 7.95. The van der Waals surface area contributed by atoms with Crippen LogP contribution >= 0.6 is 0 Å². The molecule has 0 spiro atoms. The van der Waals surface area contributed by atoms with Crippen LogP contribution in [0.15, 0.2) is 0 Å². The number of nitrogens with one attached hydrogen (secondary N) is 1. The van der Waals surface area contributed by atoms with Gasteiger partial charge in [0.15, 0.2) is 0 Å². The van der Waals surface area contributed by atoms with Gasteiger partial charge in [0.05, 0.1) is 0 Å². The maximum atomic E-state index is 3.73. The molecule has 3 aliphatic heterocycles. The Hall–Kier alpha value is -0.120. The van der Waals surface area contributed by atoms with Gasteiger partial charge in [-0.1, -0.05) is 0 Å². The average molecular weight is 251 g/mol. The molecule has 3 saturated heterocycles. The zero-order valence-corrected chi connectivity index (χ0v) is 12.1. The Morgan fingerprint density at radius 3 is 2.50 bits per heavy atom. The highest BCUT2D eigenvalue weighted by Crippen LogP contribution is 2.29. The summed E-state index contributed by atoms with van der Waals surface area (Å²) in [4.78, 5) is 5.43. The van der Waals surface area contributed by atoms with E-state index in [0.717, 1.165) is 24.0 Å². The molecule has 3 fully saturated rings. The fraction of sp³-hybridized carbons (Fsp3) is 1.00. The van der Waals surface area contributed by atoms with Gasteiger partial charge in [0.1, 0.15) is 0 Å². The topological polar surface area (TPSA) is 18.5 Å². The van der Waals surface area contributed by atoms with E-state index in [1.807, 2.05) is 0 Å². The molecular weight excluding hydrogens is 222 g/mol. The Bertz CT molecular complexity index is 257. The molecule has 0 bridgehead atoms. The Labute approximate surface area is 112 Å². The lowest BCUT2D eigenvalue weighted by Gasteiger charge is -2.38. The summed E-state index contributed by atoms with van der Waals surface area (Å²) in [5, 5.41) is 3.73. The predicted octanol–water partition coefficient (Wildman–Crippen LogP) is 1.54. The maximum absolute atomic E-state index is 3.73. The highest BCUT2D eigenvalue weighted by atomic mass is 15.2. The minimum atomic E-state index is 0.730. The first-order chi connectivity index (χ1) is 8.74. The third kappa shape index (κ3) is 2.59. The lowest BCUT2D eigenvalue weighted by atomic mass is 9.94. The zero-order valence-electron chi connectivity index (χ0n) is 12.1.